The SMILES string of the molecule is Cc1cc(Nc2ccc(Br)cc2C)nc(Nc2cc(C)on2)n1. The molecular formula is C16H16BrN5O. The van der Waals surface area contributed by atoms with Gasteiger partial charge in [0, 0.05) is 28.0 Å². The van der Waals surface area contributed by atoms with Gasteiger partial charge in [-0.15, -0.1) is 0 Å². The van der Waals surface area contributed by atoms with E-state index in [2.05, 4.69) is 41.7 Å². The number of benzene rings is 1. The van der Waals surface area contributed by atoms with Crippen molar-refractivity contribution in [1.29, 1.82) is 0 Å². The quantitative estimate of drug-likeness (QED) is 0.693. The smallest absolute Gasteiger partial charge is 0.230 e. The second kappa shape index (κ2) is 6.37. The molecule has 23 heavy (non-hydrogen) atoms. The average molecular weight is 374 g/mol. The molecule has 2 heterocycles. The zero-order valence-corrected chi connectivity index (χ0v) is 14.6. The largest absolute Gasteiger partial charge is 0.360 e. The van der Waals surface area contributed by atoms with Crippen LogP contribution in [0.4, 0.5) is 23.3 Å². The van der Waals surface area contributed by atoms with E-state index in [4.69, 9.17) is 4.52 Å². The molecule has 0 bridgehead atoms. The summed E-state index contributed by atoms with van der Waals surface area (Å²) in [6, 6.07) is 9.72. The van der Waals surface area contributed by atoms with Crippen molar-refractivity contribution >= 4 is 39.2 Å². The monoisotopic (exact) mass is 373 g/mol. The van der Waals surface area contributed by atoms with Gasteiger partial charge in [-0.2, -0.15) is 4.98 Å². The van der Waals surface area contributed by atoms with Crippen LogP contribution in [0, 0.1) is 20.8 Å². The second-order valence-corrected chi connectivity index (χ2v) is 6.17. The molecule has 3 rings (SSSR count). The van der Waals surface area contributed by atoms with Crippen LogP contribution in [0.15, 0.2) is 39.3 Å². The highest BCUT2D eigenvalue weighted by Gasteiger charge is 2.07. The molecule has 1 aromatic carbocycles. The van der Waals surface area contributed by atoms with Gasteiger partial charge < -0.3 is 15.2 Å². The molecule has 2 aromatic heterocycles. The van der Waals surface area contributed by atoms with Gasteiger partial charge in [0.25, 0.3) is 0 Å². The molecule has 0 aliphatic heterocycles. The molecule has 6 nitrogen and oxygen atoms in total. The molecule has 118 valence electrons. The van der Waals surface area contributed by atoms with E-state index in [1.54, 1.807) is 6.07 Å². The Balaban J connectivity index is 1.85. The van der Waals surface area contributed by atoms with Crippen LogP contribution in [0.25, 0.3) is 0 Å². The Hall–Kier alpha value is -2.41. The highest BCUT2D eigenvalue weighted by atomic mass is 79.9. The number of nitrogens with one attached hydrogen (secondary N) is 2. The van der Waals surface area contributed by atoms with Gasteiger partial charge in [0.2, 0.25) is 5.95 Å². The molecule has 0 spiro atoms. The number of rotatable bonds is 4. The zero-order chi connectivity index (χ0) is 16.4. The summed E-state index contributed by atoms with van der Waals surface area (Å²) < 4.78 is 6.08. The van der Waals surface area contributed by atoms with Gasteiger partial charge in [-0.1, -0.05) is 21.1 Å². The van der Waals surface area contributed by atoms with Gasteiger partial charge >= 0.3 is 0 Å². The maximum atomic E-state index is 5.03. The lowest BCUT2D eigenvalue weighted by Crippen LogP contribution is -2.03. The topological polar surface area (TPSA) is 75.9 Å². The third-order valence-electron chi connectivity index (χ3n) is 3.17. The van der Waals surface area contributed by atoms with E-state index in [9.17, 15) is 0 Å². The molecule has 0 saturated carbocycles. The first kappa shape index (κ1) is 15.5. The van der Waals surface area contributed by atoms with E-state index in [1.165, 1.54) is 0 Å². The van der Waals surface area contributed by atoms with Gasteiger partial charge in [0.1, 0.15) is 11.6 Å². The predicted molar refractivity (Wildman–Crippen MR) is 93.5 cm³/mol. The van der Waals surface area contributed by atoms with Crippen LogP contribution >= 0.6 is 15.9 Å². The highest BCUT2D eigenvalue weighted by Crippen LogP contribution is 2.24. The Morgan fingerprint density at radius 1 is 0.957 bits per heavy atom. The van der Waals surface area contributed by atoms with E-state index in [1.807, 2.05) is 45.0 Å². The lowest BCUT2D eigenvalue weighted by atomic mass is 10.2. The van der Waals surface area contributed by atoms with Crippen LogP contribution in [0.5, 0.6) is 0 Å². The summed E-state index contributed by atoms with van der Waals surface area (Å²) in [5, 5.41) is 10.2. The van der Waals surface area contributed by atoms with Crippen LogP contribution in [-0.2, 0) is 0 Å². The fourth-order valence-corrected chi connectivity index (χ4v) is 2.61. The predicted octanol–water partition coefficient (Wildman–Crippen LogP) is 4.64. The molecule has 0 atom stereocenters. The highest BCUT2D eigenvalue weighted by molar-refractivity contribution is 9.10. The normalized spacial score (nSPS) is 10.6. The van der Waals surface area contributed by atoms with Gasteiger partial charge in [0.15, 0.2) is 5.82 Å². The van der Waals surface area contributed by atoms with E-state index in [-0.39, 0.29) is 0 Å². The third-order valence-corrected chi connectivity index (χ3v) is 3.67. The van der Waals surface area contributed by atoms with Crippen molar-refractivity contribution in [3.05, 3.63) is 51.8 Å². The maximum Gasteiger partial charge on any atom is 0.230 e. The third kappa shape index (κ3) is 3.87. The van der Waals surface area contributed by atoms with Crippen molar-refractivity contribution in [2.24, 2.45) is 0 Å². The zero-order valence-electron chi connectivity index (χ0n) is 13.0. The molecule has 3 aromatic rings. The minimum atomic E-state index is 0.468. The van der Waals surface area contributed by atoms with Gasteiger partial charge in [-0.25, -0.2) is 4.98 Å². The van der Waals surface area contributed by atoms with E-state index in [0.29, 0.717) is 17.6 Å². The summed E-state index contributed by atoms with van der Waals surface area (Å²) in [5.74, 6) is 2.49. The molecule has 0 amide bonds. The minimum Gasteiger partial charge on any atom is -0.360 e. The summed E-state index contributed by atoms with van der Waals surface area (Å²) in [5.41, 5.74) is 2.96. The molecule has 0 radical (unpaired) electrons. The Morgan fingerprint density at radius 3 is 2.48 bits per heavy atom. The number of nitrogens with zero attached hydrogens (tertiary/aromatic N) is 3. The molecule has 7 heteroatoms. The number of aromatic nitrogens is 3. The van der Waals surface area contributed by atoms with Gasteiger partial charge in [0.05, 0.1) is 0 Å². The number of hydrogen-bond donors (Lipinski definition) is 2. The first-order valence-corrected chi connectivity index (χ1v) is 7.88. The Kier molecular flexibility index (Phi) is 4.29. The van der Waals surface area contributed by atoms with E-state index >= 15 is 0 Å². The summed E-state index contributed by atoms with van der Waals surface area (Å²) in [4.78, 5) is 8.84. The molecule has 2 N–H and O–H groups in total. The van der Waals surface area contributed by atoms with Crippen LogP contribution in [0.2, 0.25) is 0 Å². The van der Waals surface area contributed by atoms with E-state index in [0.717, 1.165) is 27.2 Å². The fraction of sp³-hybridized carbons (Fsp3) is 0.188. The molecular weight excluding hydrogens is 358 g/mol. The fourth-order valence-electron chi connectivity index (χ4n) is 2.13. The number of anilines is 4. The molecule has 0 fully saturated rings. The molecule has 0 aliphatic carbocycles. The standard InChI is InChI=1S/C16H16BrN5O/c1-9-6-12(17)4-5-13(9)19-14-7-10(2)18-16(20-14)21-15-8-11(3)23-22-15/h4-8H,1-3H3,(H2,18,19,20,21,22). The average Bonchev–Trinajstić information content (AvgIpc) is 2.86. The van der Waals surface area contributed by atoms with Crippen molar-refractivity contribution in [3.63, 3.8) is 0 Å². The Bertz CT molecular complexity index is 846. The van der Waals surface area contributed by atoms with Crippen LogP contribution in [0.1, 0.15) is 17.0 Å². The number of halogens is 1. The first-order chi connectivity index (χ1) is 11.0. The van der Waals surface area contributed by atoms with Crippen LogP contribution in [-0.4, -0.2) is 15.1 Å². The van der Waals surface area contributed by atoms with Gasteiger partial charge in [-0.3, -0.25) is 0 Å². The lowest BCUT2D eigenvalue weighted by molar-refractivity contribution is 0.400. The van der Waals surface area contributed by atoms with Crippen molar-refractivity contribution in [2.45, 2.75) is 20.8 Å². The van der Waals surface area contributed by atoms with Crippen molar-refractivity contribution < 1.29 is 4.52 Å². The van der Waals surface area contributed by atoms with Crippen LogP contribution in [0.3, 0.4) is 0 Å². The first-order valence-electron chi connectivity index (χ1n) is 7.09. The van der Waals surface area contributed by atoms with Crippen molar-refractivity contribution in [3.8, 4) is 0 Å². The number of hydrogen-bond acceptors (Lipinski definition) is 6. The van der Waals surface area contributed by atoms with Crippen LogP contribution < -0.4 is 10.6 Å². The Labute approximate surface area is 142 Å². The molecule has 0 aliphatic rings. The summed E-state index contributed by atoms with van der Waals surface area (Å²) in [6.45, 7) is 5.79. The lowest BCUT2D eigenvalue weighted by Gasteiger charge is -2.11. The van der Waals surface area contributed by atoms with Gasteiger partial charge in [-0.05, 0) is 44.5 Å². The van der Waals surface area contributed by atoms with E-state index < -0.39 is 0 Å². The molecule has 0 unspecified atom stereocenters. The maximum absolute atomic E-state index is 5.03. The minimum absolute atomic E-state index is 0.468. The summed E-state index contributed by atoms with van der Waals surface area (Å²) >= 11 is 3.46. The second-order valence-electron chi connectivity index (χ2n) is 5.25. The Morgan fingerprint density at radius 2 is 1.78 bits per heavy atom. The van der Waals surface area contributed by atoms with Crippen molar-refractivity contribution in [2.75, 3.05) is 10.6 Å². The van der Waals surface area contributed by atoms with Crippen molar-refractivity contribution in [1.82, 2.24) is 15.1 Å². The molecule has 0 saturated heterocycles. The number of aryl methyl sites for hydroxylation is 3. The summed E-state index contributed by atoms with van der Waals surface area (Å²) in [6.07, 6.45) is 0. The summed E-state index contributed by atoms with van der Waals surface area (Å²) in [7, 11) is 0.